The molecule has 4 rings (SSSR count). The molecule has 156 valence electrons. The molecular formula is C23H19BrN4O3. The van der Waals surface area contributed by atoms with E-state index in [2.05, 4.69) is 36.5 Å². The number of rotatable bonds is 6. The monoisotopic (exact) mass is 478 g/mol. The molecule has 31 heavy (non-hydrogen) atoms. The van der Waals surface area contributed by atoms with Crippen LogP contribution in [0.2, 0.25) is 0 Å². The van der Waals surface area contributed by atoms with Crippen LogP contribution in [0, 0.1) is 0 Å². The topological polar surface area (TPSA) is 100 Å². The van der Waals surface area contributed by atoms with E-state index in [-0.39, 0.29) is 17.7 Å². The number of nitrogens with one attached hydrogen (secondary N) is 3. The molecule has 0 saturated carbocycles. The van der Waals surface area contributed by atoms with Crippen molar-refractivity contribution < 1.29 is 14.0 Å². The zero-order chi connectivity index (χ0) is 21.8. The summed E-state index contributed by atoms with van der Waals surface area (Å²) in [5.41, 5.74) is 2.81. The highest BCUT2D eigenvalue weighted by Gasteiger charge is 2.16. The van der Waals surface area contributed by atoms with E-state index >= 15 is 0 Å². The lowest BCUT2D eigenvalue weighted by atomic mass is 10.1. The lowest BCUT2D eigenvalue weighted by molar-refractivity contribution is 0.0936. The first-order valence-corrected chi connectivity index (χ1v) is 10.4. The minimum absolute atomic E-state index is 0.169. The van der Waals surface area contributed by atoms with Crippen LogP contribution in [-0.4, -0.2) is 21.8 Å². The van der Waals surface area contributed by atoms with Crippen LogP contribution in [0.25, 0.3) is 11.3 Å². The largest absolute Gasteiger partial charge is 0.444 e. The number of carbonyl (C=O) groups is 2. The van der Waals surface area contributed by atoms with Gasteiger partial charge in [0.25, 0.3) is 11.8 Å². The number of amides is 2. The Morgan fingerprint density at radius 3 is 2.58 bits per heavy atom. The van der Waals surface area contributed by atoms with Crippen molar-refractivity contribution >= 4 is 33.4 Å². The third kappa shape index (κ3) is 4.92. The van der Waals surface area contributed by atoms with Crippen molar-refractivity contribution in [1.29, 1.82) is 0 Å². The zero-order valence-electron chi connectivity index (χ0n) is 16.6. The minimum Gasteiger partial charge on any atom is -0.444 e. The Morgan fingerprint density at radius 1 is 1.03 bits per heavy atom. The van der Waals surface area contributed by atoms with Gasteiger partial charge in [0.2, 0.25) is 0 Å². The Hall–Kier alpha value is -3.65. The molecule has 2 aromatic heterocycles. The van der Waals surface area contributed by atoms with Gasteiger partial charge in [0.05, 0.1) is 17.9 Å². The van der Waals surface area contributed by atoms with E-state index in [0.717, 1.165) is 11.3 Å². The van der Waals surface area contributed by atoms with Gasteiger partial charge in [0.1, 0.15) is 5.82 Å². The molecule has 0 bridgehead atoms. The average Bonchev–Trinajstić information content (AvgIpc) is 3.44. The van der Waals surface area contributed by atoms with Gasteiger partial charge in [0.15, 0.2) is 10.4 Å². The number of nitrogens with zero attached hydrogens (tertiary/aromatic N) is 1. The maximum atomic E-state index is 12.7. The zero-order valence-corrected chi connectivity index (χ0v) is 18.1. The van der Waals surface area contributed by atoms with Crippen LogP contribution in [0.3, 0.4) is 0 Å². The lowest BCUT2D eigenvalue weighted by Gasteiger charge is -2.12. The summed E-state index contributed by atoms with van der Waals surface area (Å²) >= 11 is 3.17. The molecule has 2 amide bonds. The molecule has 4 aromatic rings. The molecule has 0 aliphatic carbocycles. The number of furan rings is 1. The summed E-state index contributed by atoms with van der Waals surface area (Å²) in [7, 11) is 0. The third-order valence-corrected chi connectivity index (χ3v) is 5.04. The van der Waals surface area contributed by atoms with E-state index in [9.17, 15) is 9.59 Å². The number of carbonyl (C=O) groups excluding carboxylic acids is 2. The summed E-state index contributed by atoms with van der Waals surface area (Å²) in [4.78, 5) is 32.6. The molecule has 0 spiro atoms. The van der Waals surface area contributed by atoms with E-state index in [4.69, 9.17) is 4.42 Å². The average molecular weight is 479 g/mol. The molecule has 0 aliphatic rings. The van der Waals surface area contributed by atoms with Crippen LogP contribution >= 0.6 is 15.9 Å². The number of aromatic amines is 1. The summed E-state index contributed by atoms with van der Waals surface area (Å²) in [6, 6.07) is 19.4. The van der Waals surface area contributed by atoms with Gasteiger partial charge in [-0.3, -0.25) is 9.59 Å². The fourth-order valence-electron chi connectivity index (χ4n) is 3.04. The number of anilines is 1. The molecule has 7 nitrogen and oxygen atoms in total. The summed E-state index contributed by atoms with van der Waals surface area (Å²) in [5, 5.41) is 5.64. The second-order valence-electron chi connectivity index (χ2n) is 6.88. The minimum atomic E-state index is -0.402. The fourth-order valence-corrected chi connectivity index (χ4v) is 3.34. The Balaban J connectivity index is 1.42. The number of imidazole rings is 1. The van der Waals surface area contributed by atoms with Gasteiger partial charge in [0, 0.05) is 11.3 Å². The first-order chi connectivity index (χ1) is 15.0. The number of hydrogen-bond acceptors (Lipinski definition) is 4. The summed E-state index contributed by atoms with van der Waals surface area (Å²) in [6.45, 7) is 1.85. The molecule has 0 saturated heterocycles. The summed E-state index contributed by atoms with van der Waals surface area (Å²) in [5.74, 6) is 0.144. The van der Waals surface area contributed by atoms with Crippen molar-refractivity contribution in [1.82, 2.24) is 15.3 Å². The second kappa shape index (κ2) is 9.01. The van der Waals surface area contributed by atoms with Crippen LogP contribution in [0.15, 0.2) is 82.0 Å². The van der Waals surface area contributed by atoms with Crippen molar-refractivity contribution in [3.63, 3.8) is 0 Å². The smallest absolute Gasteiger partial charge is 0.291 e. The molecule has 2 aromatic carbocycles. The maximum Gasteiger partial charge on any atom is 0.291 e. The molecule has 1 atom stereocenters. The number of aromatic nitrogens is 2. The first-order valence-electron chi connectivity index (χ1n) is 9.57. The number of hydrogen-bond donors (Lipinski definition) is 3. The van der Waals surface area contributed by atoms with Crippen LogP contribution in [0.1, 0.15) is 39.7 Å². The normalized spacial score (nSPS) is 11.7. The number of halogens is 1. The van der Waals surface area contributed by atoms with Gasteiger partial charge in [-0.2, -0.15) is 0 Å². The number of H-pyrrole nitrogens is 1. The molecule has 2 heterocycles. The van der Waals surface area contributed by atoms with E-state index in [1.54, 1.807) is 42.6 Å². The first kappa shape index (κ1) is 20.6. The second-order valence-corrected chi connectivity index (χ2v) is 7.66. The Labute approximate surface area is 187 Å². The van der Waals surface area contributed by atoms with E-state index in [1.807, 2.05) is 37.3 Å². The van der Waals surface area contributed by atoms with Gasteiger partial charge < -0.3 is 20.0 Å². The maximum absolute atomic E-state index is 12.7. The summed E-state index contributed by atoms with van der Waals surface area (Å²) < 4.78 is 5.71. The van der Waals surface area contributed by atoms with E-state index in [0.29, 0.717) is 21.7 Å². The fraction of sp³-hybridized carbons (Fsp3) is 0.0870. The quantitative estimate of drug-likeness (QED) is 0.355. The molecular weight excluding hydrogens is 460 g/mol. The van der Waals surface area contributed by atoms with Crippen molar-refractivity contribution in [2.45, 2.75) is 13.0 Å². The highest BCUT2D eigenvalue weighted by atomic mass is 79.9. The summed E-state index contributed by atoms with van der Waals surface area (Å²) in [6.07, 6.45) is 1.75. The lowest BCUT2D eigenvalue weighted by Crippen LogP contribution is -2.27. The van der Waals surface area contributed by atoms with E-state index in [1.165, 1.54) is 0 Å². The van der Waals surface area contributed by atoms with Crippen LogP contribution in [-0.2, 0) is 0 Å². The van der Waals surface area contributed by atoms with Crippen molar-refractivity contribution in [2.75, 3.05) is 5.32 Å². The van der Waals surface area contributed by atoms with Gasteiger partial charge >= 0.3 is 0 Å². The van der Waals surface area contributed by atoms with Gasteiger partial charge in [-0.1, -0.05) is 36.4 Å². The molecule has 3 N–H and O–H groups in total. The van der Waals surface area contributed by atoms with Crippen LogP contribution in [0.4, 0.5) is 5.69 Å². The van der Waals surface area contributed by atoms with Gasteiger partial charge in [-0.15, -0.1) is 0 Å². The Bertz CT molecular complexity index is 1220. The highest BCUT2D eigenvalue weighted by Crippen LogP contribution is 2.20. The third-order valence-electron chi connectivity index (χ3n) is 4.62. The molecule has 8 heteroatoms. The van der Waals surface area contributed by atoms with Crippen molar-refractivity contribution in [3.05, 3.63) is 94.7 Å². The van der Waals surface area contributed by atoms with Crippen molar-refractivity contribution in [3.8, 4) is 11.3 Å². The standard InChI is InChI=1S/C23H19BrN4O3/c1-14(21-25-13-18(28-21)15-6-3-2-4-7-15)26-22(29)16-8-5-9-17(12-16)27-23(30)19-10-11-20(24)31-19/h2-14H,1H3,(H,25,28)(H,26,29)(H,27,30). The van der Waals surface area contributed by atoms with Gasteiger partial charge in [-0.25, -0.2) is 4.98 Å². The predicted octanol–water partition coefficient (Wildman–Crippen LogP) is 5.18. The van der Waals surface area contributed by atoms with Crippen LogP contribution in [0.5, 0.6) is 0 Å². The Kier molecular flexibility index (Phi) is 5.99. The molecule has 0 fully saturated rings. The molecule has 0 aliphatic heterocycles. The Morgan fingerprint density at radius 2 is 1.84 bits per heavy atom. The van der Waals surface area contributed by atoms with Crippen molar-refractivity contribution in [2.24, 2.45) is 0 Å². The van der Waals surface area contributed by atoms with E-state index < -0.39 is 5.91 Å². The van der Waals surface area contributed by atoms with Crippen LogP contribution < -0.4 is 10.6 Å². The number of benzene rings is 2. The highest BCUT2D eigenvalue weighted by molar-refractivity contribution is 9.10. The SMILES string of the molecule is CC(NC(=O)c1cccc(NC(=O)c2ccc(Br)o2)c1)c1ncc(-c2ccccc2)[nH]1. The molecule has 1 unspecified atom stereocenters. The van der Waals surface area contributed by atoms with Gasteiger partial charge in [-0.05, 0) is 58.7 Å². The molecule has 0 radical (unpaired) electrons. The predicted molar refractivity (Wildman–Crippen MR) is 121 cm³/mol.